The molecule has 2 amide bonds. The number of carbonyl (C=O) groups excluding carboxylic acids is 2. The maximum Gasteiger partial charge on any atom is 0.224 e. The number of hydrogen-bond donors (Lipinski definition) is 3. The van der Waals surface area contributed by atoms with Crippen molar-refractivity contribution in [1.82, 2.24) is 10.6 Å². The zero-order valence-corrected chi connectivity index (χ0v) is 12.9. The molecule has 120 valence electrons. The number of aryl methyl sites for hydroxylation is 1. The maximum atomic E-state index is 11.5. The summed E-state index contributed by atoms with van der Waals surface area (Å²) in [6, 6.07) is 5.67. The number of anilines is 1. The number of likely N-dealkylation sites (N-methyl/N-ethyl adjacent to an activating group) is 1. The van der Waals surface area contributed by atoms with Gasteiger partial charge in [-0.15, -0.1) is 0 Å². The van der Waals surface area contributed by atoms with Gasteiger partial charge in [0, 0.05) is 31.6 Å². The Hall–Kier alpha value is -2.08. The minimum atomic E-state index is 0.0482. The van der Waals surface area contributed by atoms with E-state index in [0.717, 1.165) is 30.0 Å². The Kier molecular flexibility index (Phi) is 6.21. The van der Waals surface area contributed by atoms with E-state index in [1.54, 1.807) is 0 Å². The van der Waals surface area contributed by atoms with E-state index in [4.69, 9.17) is 4.74 Å². The second-order valence-electron chi connectivity index (χ2n) is 5.27. The minimum Gasteiger partial charge on any atom is -0.494 e. The van der Waals surface area contributed by atoms with Crippen molar-refractivity contribution in [3.05, 3.63) is 23.8 Å². The van der Waals surface area contributed by atoms with E-state index < -0.39 is 0 Å². The molecule has 0 atom stereocenters. The third kappa shape index (κ3) is 5.04. The first kappa shape index (κ1) is 16.3. The second-order valence-corrected chi connectivity index (χ2v) is 5.27. The van der Waals surface area contributed by atoms with Crippen molar-refractivity contribution >= 4 is 17.5 Å². The molecule has 2 rings (SSSR count). The zero-order chi connectivity index (χ0) is 15.8. The molecule has 0 aromatic heterocycles. The summed E-state index contributed by atoms with van der Waals surface area (Å²) in [5.74, 6) is 0.892. The van der Waals surface area contributed by atoms with Crippen molar-refractivity contribution in [2.75, 3.05) is 32.1 Å². The van der Waals surface area contributed by atoms with E-state index >= 15 is 0 Å². The van der Waals surface area contributed by atoms with E-state index in [2.05, 4.69) is 16.0 Å². The lowest BCUT2D eigenvalue weighted by molar-refractivity contribution is -0.121. The number of amides is 2. The predicted octanol–water partition coefficient (Wildman–Crippen LogP) is 1.07. The van der Waals surface area contributed by atoms with Gasteiger partial charge in [-0.1, -0.05) is 0 Å². The van der Waals surface area contributed by atoms with Crippen molar-refractivity contribution in [3.8, 4) is 5.75 Å². The zero-order valence-electron chi connectivity index (χ0n) is 12.9. The lowest BCUT2D eigenvalue weighted by Crippen LogP contribution is -2.30. The van der Waals surface area contributed by atoms with Crippen molar-refractivity contribution < 1.29 is 14.3 Å². The average molecular weight is 305 g/mol. The smallest absolute Gasteiger partial charge is 0.224 e. The standard InChI is InChI=1S/C16H23N3O3/c1-17-8-9-18-15(20)3-2-10-22-13-5-6-14-12(11-13)4-7-16(21)19-14/h5-6,11,17H,2-4,7-10H2,1H3,(H,18,20)(H,19,21). The SMILES string of the molecule is CNCCNC(=O)CCCOc1ccc2c(c1)CCC(=O)N2. The number of rotatable bonds is 8. The molecule has 0 aliphatic carbocycles. The predicted molar refractivity (Wildman–Crippen MR) is 85.1 cm³/mol. The van der Waals surface area contributed by atoms with Crippen LogP contribution in [0, 0.1) is 0 Å². The highest BCUT2D eigenvalue weighted by atomic mass is 16.5. The quantitative estimate of drug-likeness (QED) is 0.628. The van der Waals surface area contributed by atoms with Gasteiger partial charge in [-0.05, 0) is 43.7 Å². The van der Waals surface area contributed by atoms with E-state index in [0.29, 0.717) is 32.4 Å². The number of ether oxygens (including phenoxy) is 1. The molecule has 0 unspecified atom stereocenters. The van der Waals surface area contributed by atoms with Crippen LogP contribution in [0.3, 0.4) is 0 Å². The van der Waals surface area contributed by atoms with Crippen LogP contribution in [0.4, 0.5) is 5.69 Å². The number of carbonyl (C=O) groups is 2. The van der Waals surface area contributed by atoms with Gasteiger partial charge in [-0.3, -0.25) is 9.59 Å². The molecule has 0 saturated heterocycles. The Bertz CT molecular complexity index is 531. The first-order valence-corrected chi connectivity index (χ1v) is 7.66. The number of nitrogens with one attached hydrogen (secondary N) is 3. The fourth-order valence-corrected chi connectivity index (χ4v) is 2.29. The molecule has 22 heavy (non-hydrogen) atoms. The molecule has 0 spiro atoms. The van der Waals surface area contributed by atoms with Crippen molar-refractivity contribution in [2.45, 2.75) is 25.7 Å². The number of benzene rings is 1. The highest BCUT2D eigenvalue weighted by Crippen LogP contribution is 2.26. The highest BCUT2D eigenvalue weighted by molar-refractivity contribution is 5.93. The lowest BCUT2D eigenvalue weighted by Gasteiger charge is -2.17. The van der Waals surface area contributed by atoms with Crippen molar-refractivity contribution in [3.63, 3.8) is 0 Å². The first-order chi connectivity index (χ1) is 10.7. The summed E-state index contributed by atoms with van der Waals surface area (Å²) in [5.41, 5.74) is 1.97. The van der Waals surface area contributed by atoms with Gasteiger partial charge < -0.3 is 20.7 Å². The second kappa shape index (κ2) is 8.38. The van der Waals surface area contributed by atoms with Crippen LogP contribution in [-0.2, 0) is 16.0 Å². The Morgan fingerprint density at radius 2 is 2.18 bits per heavy atom. The van der Waals surface area contributed by atoms with Gasteiger partial charge in [-0.25, -0.2) is 0 Å². The molecule has 6 heteroatoms. The monoisotopic (exact) mass is 305 g/mol. The van der Waals surface area contributed by atoms with Crippen molar-refractivity contribution in [2.24, 2.45) is 0 Å². The summed E-state index contributed by atoms with van der Waals surface area (Å²) in [7, 11) is 1.85. The van der Waals surface area contributed by atoms with Crippen LogP contribution in [0.5, 0.6) is 5.75 Å². The lowest BCUT2D eigenvalue weighted by atomic mass is 10.0. The third-order valence-corrected chi connectivity index (χ3v) is 3.49. The third-order valence-electron chi connectivity index (χ3n) is 3.49. The van der Waals surface area contributed by atoms with Gasteiger partial charge in [0.1, 0.15) is 5.75 Å². The molecule has 1 aliphatic heterocycles. The normalized spacial score (nSPS) is 13.2. The summed E-state index contributed by atoms with van der Waals surface area (Å²) >= 11 is 0. The van der Waals surface area contributed by atoms with Gasteiger partial charge in [-0.2, -0.15) is 0 Å². The molecule has 0 radical (unpaired) electrons. The molecule has 1 aromatic rings. The highest BCUT2D eigenvalue weighted by Gasteiger charge is 2.14. The van der Waals surface area contributed by atoms with Gasteiger partial charge in [0.15, 0.2) is 0 Å². The summed E-state index contributed by atoms with van der Waals surface area (Å²) in [6.07, 6.45) is 2.40. The van der Waals surface area contributed by atoms with E-state index in [9.17, 15) is 9.59 Å². The molecule has 0 fully saturated rings. The molecule has 6 nitrogen and oxygen atoms in total. The van der Waals surface area contributed by atoms with Crippen molar-refractivity contribution in [1.29, 1.82) is 0 Å². The van der Waals surface area contributed by atoms with E-state index in [1.807, 2.05) is 25.2 Å². The van der Waals surface area contributed by atoms with Crippen LogP contribution in [-0.4, -0.2) is 38.6 Å². The summed E-state index contributed by atoms with van der Waals surface area (Å²) in [4.78, 5) is 22.8. The summed E-state index contributed by atoms with van der Waals surface area (Å²) in [5, 5.41) is 8.65. The van der Waals surface area contributed by atoms with Gasteiger partial charge in [0.25, 0.3) is 0 Å². The molecular weight excluding hydrogens is 282 g/mol. The van der Waals surface area contributed by atoms with Crippen LogP contribution in [0.15, 0.2) is 18.2 Å². The minimum absolute atomic E-state index is 0.0482. The Morgan fingerprint density at radius 1 is 1.32 bits per heavy atom. The van der Waals surface area contributed by atoms with Crippen LogP contribution in [0.2, 0.25) is 0 Å². The molecule has 0 saturated carbocycles. The van der Waals surface area contributed by atoms with Crippen LogP contribution in [0.25, 0.3) is 0 Å². The molecule has 1 aliphatic rings. The molecule has 3 N–H and O–H groups in total. The first-order valence-electron chi connectivity index (χ1n) is 7.66. The van der Waals surface area contributed by atoms with Crippen LogP contribution < -0.4 is 20.7 Å². The van der Waals surface area contributed by atoms with Gasteiger partial charge in [0.2, 0.25) is 11.8 Å². The Balaban J connectivity index is 1.69. The van der Waals surface area contributed by atoms with Crippen LogP contribution >= 0.6 is 0 Å². The van der Waals surface area contributed by atoms with Crippen LogP contribution in [0.1, 0.15) is 24.8 Å². The topological polar surface area (TPSA) is 79.5 Å². The number of fused-ring (bicyclic) bond motifs is 1. The molecule has 0 bridgehead atoms. The average Bonchev–Trinajstić information content (AvgIpc) is 2.52. The summed E-state index contributed by atoms with van der Waals surface area (Å²) < 4.78 is 5.67. The van der Waals surface area contributed by atoms with E-state index in [1.165, 1.54) is 0 Å². The number of hydrogen-bond acceptors (Lipinski definition) is 4. The Morgan fingerprint density at radius 3 is 3.00 bits per heavy atom. The summed E-state index contributed by atoms with van der Waals surface area (Å²) in [6.45, 7) is 1.92. The maximum absolute atomic E-state index is 11.5. The fourth-order valence-electron chi connectivity index (χ4n) is 2.29. The fraction of sp³-hybridized carbons (Fsp3) is 0.500. The molecule has 1 aromatic carbocycles. The van der Waals surface area contributed by atoms with E-state index in [-0.39, 0.29) is 11.8 Å². The van der Waals surface area contributed by atoms with Gasteiger partial charge >= 0.3 is 0 Å². The Labute approximate surface area is 130 Å². The van der Waals surface area contributed by atoms with Gasteiger partial charge in [0.05, 0.1) is 6.61 Å². The largest absolute Gasteiger partial charge is 0.494 e. The molecular formula is C16H23N3O3. The molecule has 1 heterocycles.